The van der Waals surface area contributed by atoms with Gasteiger partial charge in [-0.15, -0.1) is 0 Å². The molecule has 1 aliphatic heterocycles. The van der Waals surface area contributed by atoms with Crippen LogP contribution in [0, 0.1) is 16.7 Å². The number of hydrogen-bond donors (Lipinski definition) is 0. The summed E-state index contributed by atoms with van der Waals surface area (Å²) >= 11 is 0. The van der Waals surface area contributed by atoms with Crippen LogP contribution in [0.3, 0.4) is 0 Å². The summed E-state index contributed by atoms with van der Waals surface area (Å²) in [6.45, 7) is 4.14. The molecule has 132 valence electrons. The Morgan fingerprint density at radius 2 is 1.76 bits per heavy atom. The third-order valence-corrected chi connectivity index (χ3v) is 5.46. The molecule has 1 aliphatic carbocycles. The number of amides is 1. The Morgan fingerprint density at radius 1 is 1.08 bits per heavy atom. The third-order valence-electron chi connectivity index (χ3n) is 5.46. The Bertz CT molecular complexity index is 633. The predicted octanol–water partition coefficient (Wildman–Crippen LogP) is 3.32. The van der Waals surface area contributed by atoms with E-state index in [4.69, 9.17) is 0 Å². The Labute approximate surface area is 150 Å². The van der Waals surface area contributed by atoms with E-state index in [1.807, 2.05) is 23.1 Å². The SMILES string of the molecule is N#CC1(C(=O)N2CCN(C/C=C\c3ccccc3)CC2)CCCCC1. The van der Waals surface area contributed by atoms with E-state index in [0.717, 1.165) is 64.8 Å². The molecule has 1 saturated carbocycles. The van der Waals surface area contributed by atoms with E-state index >= 15 is 0 Å². The first kappa shape index (κ1) is 17.7. The zero-order valence-electron chi connectivity index (χ0n) is 14.9. The topological polar surface area (TPSA) is 47.3 Å². The highest BCUT2D eigenvalue weighted by Gasteiger charge is 2.42. The maximum Gasteiger partial charge on any atom is 0.243 e. The van der Waals surface area contributed by atoms with Crippen LogP contribution in [0.4, 0.5) is 0 Å². The number of benzene rings is 1. The summed E-state index contributed by atoms with van der Waals surface area (Å²) < 4.78 is 0. The summed E-state index contributed by atoms with van der Waals surface area (Å²) in [5.41, 5.74) is 0.470. The minimum absolute atomic E-state index is 0.0779. The van der Waals surface area contributed by atoms with E-state index in [1.165, 1.54) is 5.56 Å². The lowest BCUT2D eigenvalue weighted by molar-refractivity contribution is -0.142. The Kier molecular flexibility index (Phi) is 5.88. The number of carbonyl (C=O) groups is 1. The number of piperazine rings is 1. The van der Waals surface area contributed by atoms with E-state index in [0.29, 0.717) is 0 Å². The van der Waals surface area contributed by atoms with Gasteiger partial charge in [0.25, 0.3) is 0 Å². The van der Waals surface area contributed by atoms with Gasteiger partial charge in [-0.05, 0) is 18.4 Å². The van der Waals surface area contributed by atoms with Gasteiger partial charge in [-0.25, -0.2) is 0 Å². The third kappa shape index (κ3) is 4.29. The van der Waals surface area contributed by atoms with Crippen molar-refractivity contribution in [2.45, 2.75) is 32.1 Å². The molecule has 3 rings (SSSR count). The second-order valence-corrected chi connectivity index (χ2v) is 7.16. The van der Waals surface area contributed by atoms with Crippen LogP contribution < -0.4 is 0 Å². The van der Waals surface area contributed by atoms with Crippen molar-refractivity contribution in [1.82, 2.24) is 9.80 Å². The molecule has 1 heterocycles. The zero-order valence-corrected chi connectivity index (χ0v) is 14.9. The largest absolute Gasteiger partial charge is 0.339 e. The molecule has 0 spiro atoms. The van der Waals surface area contributed by atoms with Gasteiger partial charge in [-0.3, -0.25) is 9.69 Å². The number of nitriles is 1. The molecule has 0 aromatic heterocycles. The Morgan fingerprint density at radius 3 is 2.40 bits per heavy atom. The molecule has 0 unspecified atom stereocenters. The van der Waals surface area contributed by atoms with E-state index in [2.05, 4.69) is 35.3 Å². The fraction of sp³-hybridized carbons (Fsp3) is 0.524. The van der Waals surface area contributed by atoms with Crippen molar-refractivity contribution >= 4 is 12.0 Å². The van der Waals surface area contributed by atoms with Crippen LogP contribution in [-0.2, 0) is 4.79 Å². The van der Waals surface area contributed by atoms with Gasteiger partial charge in [0.1, 0.15) is 5.41 Å². The fourth-order valence-corrected chi connectivity index (χ4v) is 3.87. The van der Waals surface area contributed by atoms with Gasteiger partial charge in [0, 0.05) is 32.7 Å². The minimum Gasteiger partial charge on any atom is -0.339 e. The minimum atomic E-state index is -0.742. The van der Waals surface area contributed by atoms with E-state index in [1.54, 1.807) is 0 Å². The highest BCUT2D eigenvalue weighted by Crippen LogP contribution is 2.37. The first-order chi connectivity index (χ1) is 12.2. The van der Waals surface area contributed by atoms with Crippen molar-refractivity contribution in [3.05, 3.63) is 42.0 Å². The van der Waals surface area contributed by atoms with Gasteiger partial charge in [0.15, 0.2) is 0 Å². The molecule has 0 N–H and O–H groups in total. The standard InChI is InChI=1S/C21H27N3O/c22-18-21(11-5-2-6-12-21)20(25)24-16-14-23(15-17-24)13-7-10-19-8-3-1-4-9-19/h1,3-4,7-10H,2,5-6,11-17H2/b10-7-. The Balaban J connectivity index is 1.49. The maximum absolute atomic E-state index is 12.9. The molecule has 1 aromatic rings. The van der Waals surface area contributed by atoms with Crippen LogP contribution >= 0.6 is 0 Å². The van der Waals surface area contributed by atoms with Crippen molar-refractivity contribution in [2.24, 2.45) is 5.41 Å². The number of hydrogen-bond acceptors (Lipinski definition) is 3. The van der Waals surface area contributed by atoms with Crippen molar-refractivity contribution < 1.29 is 4.79 Å². The van der Waals surface area contributed by atoms with Gasteiger partial charge in [0.2, 0.25) is 5.91 Å². The predicted molar refractivity (Wildman–Crippen MR) is 99.6 cm³/mol. The monoisotopic (exact) mass is 337 g/mol. The highest BCUT2D eigenvalue weighted by molar-refractivity contribution is 5.85. The van der Waals surface area contributed by atoms with Crippen LogP contribution in [0.15, 0.2) is 36.4 Å². The summed E-state index contributed by atoms with van der Waals surface area (Å²) in [4.78, 5) is 17.2. The molecular formula is C21H27N3O. The molecule has 0 radical (unpaired) electrons. The summed E-state index contributed by atoms with van der Waals surface area (Å²) in [7, 11) is 0. The normalized spacial score (nSPS) is 21.2. The molecule has 4 nitrogen and oxygen atoms in total. The lowest BCUT2D eigenvalue weighted by Crippen LogP contribution is -2.53. The van der Waals surface area contributed by atoms with Crippen LogP contribution in [0.2, 0.25) is 0 Å². The summed E-state index contributed by atoms with van der Waals surface area (Å²) in [6.07, 6.45) is 8.96. The van der Waals surface area contributed by atoms with E-state index in [9.17, 15) is 10.1 Å². The molecule has 2 fully saturated rings. The smallest absolute Gasteiger partial charge is 0.243 e. The first-order valence-electron chi connectivity index (χ1n) is 9.38. The lowest BCUT2D eigenvalue weighted by atomic mass is 9.74. The van der Waals surface area contributed by atoms with Crippen LogP contribution in [0.1, 0.15) is 37.7 Å². The quantitative estimate of drug-likeness (QED) is 0.847. The molecule has 2 aliphatic rings. The first-order valence-corrected chi connectivity index (χ1v) is 9.38. The van der Waals surface area contributed by atoms with Crippen LogP contribution in [-0.4, -0.2) is 48.4 Å². The summed E-state index contributed by atoms with van der Waals surface area (Å²) in [6, 6.07) is 12.7. The average molecular weight is 337 g/mol. The lowest BCUT2D eigenvalue weighted by Gasteiger charge is -2.39. The summed E-state index contributed by atoms with van der Waals surface area (Å²) in [5, 5.41) is 9.60. The number of carbonyl (C=O) groups excluding carboxylic acids is 1. The van der Waals surface area contributed by atoms with Crippen molar-refractivity contribution in [1.29, 1.82) is 5.26 Å². The number of rotatable bonds is 4. The van der Waals surface area contributed by atoms with E-state index < -0.39 is 5.41 Å². The average Bonchev–Trinajstić information content (AvgIpc) is 2.69. The van der Waals surface area contributed by atoms with Crippen LogP contribution in [0.5, 0.6) is 0 Å². The van der Waals surface area contributed by atoms with Gasteiger partial charge in [-0.2, -0.15) is 5.26 Å². The van der Waals surface area contributed by atoms with Crippen LogP contribution in [0.25, 0.3) is 6.08 Å². The second kappa shape index (κ2) is 8.31. The zero-order chi connectivity index (χ0) is 17.5. The van der Waals surface area contributed by atoms with Crippen molar-refractivity contribution in [3.8, 4) is 6.07 Å². The van der Waals surface area contributed by atoms with Gasteiger partial charge in [-0.1, -0.05) is 61.7 Å². The molecule has 1 aromatic carbocycles. The molecule has 4 heteroatoms. The highest BCUT2D eigenvalue weighted by atomic mass is 16.2. The molecule has 0 bridgehead atoms. The summed E-state index contributed by atoms with van der Waals surface area (Å²) in [5.74, 6) is 0.0779. The Hall–Kier alpha value is -2.12. The van der Waals surface area contributed by atoms with Gasteiger partial charge in [0.05, 0.1) is 6.07 Å². The molecule has 1 amide bonds. The number of nitrogens with zero attached hydrogens (tertiary/aromatic N) is 3. The molecule has 25 heavy (non-hydrogen) atoms. The second-order valence-electron chi connectivity index (χ2n) is 7.16. The van der Waals surface area contributed by atoms with Crippen molar-refractivity contribution in [3.63, 3.8) is 0 Å². The fourth-order valence-electron chi connectivity index (χ4n) is 3.87. The van der Waals surface area contributed by atoms with Crippen molar-refractivity contribution in [2.75, 3.05) is 32.7 Å². The van der Waals surface area contributed by atoms with Gasteiger partial charge < -0.3 is 4.90 Å². The van der Waals surface area contributed by atoms with Gasteiger partial charge >= 0.3 is 0 Å². The van der Waals surface area contributed by atoms with E-state index in [-0.39, 0.29) is 5.91 Å². The molecular weight excluding hydrogens is 310 g/mol. The maximum atomic E-state index is 12.9. The molecule has 1 saturated heterocycles. The molecule has 0 atom stereocenters.